The molecule has 1 rings (SSSR count). The average molecular weight is 260 g/mol. The molecule has 0 heterocycles. The summed E-state index contributed by atoms with van der Waals surface area (Å²) >= 11 is 11.8. The molecule has 0 unspecified atom stereocenters. The van der Waals surface area contributed by atoms with Gasteiger partial charge in [0, 0.05) is 17.6 Å². The average Bonchev–Trinajstić information content (AvgIpc) is 2.27. The number of likely N-dealkylation sites (N-methyl/N-ethyl adjacent to an activating group) is 1. The number of benzene rings is 1. The minimum atomic E-state index is 0.438. The fourth-order valence-corrected chi connectivity index (χ4v) is 1.45. The Morgan fingerprint density at radius 1 is 1.44 bits per heavy atom. The van der Waals surface area contributed by atoms with Gasteiger partial charge in [0.1, 0.15) is 12.4 Å². The first-order valence-corrected chi connectivity index (χ1v) is 5.84. The molecular weight excluding hydrogens is 245 g/mol. The third kappa shape index (κ3) is 4.44. The van der Waals surface area contributed by atoms with Crippen LogP contribution in [0, 0.1) is 0 Å². The van der Waals surface area contributed by atoms with E-state index >= 15 is 0 Å². The van der Waals surface area contributed by atoms with Gasteiger partial charge in [-0.1, -0.05) is 36.7 Å². The molecule has 0 fully saturated rings. The zero-order chi connectivity index (χ0) is 12.0. The van der Waals surface area contributed by atoms with Crippen molar-refractivity contribution in [2.24, 2.45) is 0 Å². The Balaban J connectivity index is 2.47. The van der Waals surface area contributed by atoms with E-state index in [4.69, 9.17) is 27.9 Å². The highest BCUT2D eigenvalue weighted by Gasteiger charge is 2.03. The van der Waals surface area contributed by atoms with Gasteiger partial charge < -0.3 is 10.1 Å². The van der Waals surface area contributed by atoms with Crippen LogP contribution >= 0.6 is 23.2 Å². The van der Waals surface area contributed by atoms with E-state index in [9.17, 15) is 0 Å². The fourth-order valence-electron chi connectivity index (χ4n) is 1.12. The van der Waals surface area contributed by atoms with E-state index in [1.54, 1.807) is 18.2 Å². The maximum Gasteiger partial charge on any atom is 0.139 e. The van der Waals surface area contributed by atoms with Gasteiger partial charge in [-0.15, -0.1) is 0 Å². The molecule has 4 heteroatoms. The molecule has 0 saturated carbocycles. The van der Waals surface area contributed by atoms with E-state index in [1.807, 2.05) is 6.92 Å². The lowest BCUT2D eigenvalue weighted by atomic mass is 10.3. The predicted molar refractivity (Wildman–Crippen MR) is 69.6 cm³/mol. The van der Waals surface area contributed by atoms with Crippen LogP contribution in [0.1, 0.15) is 6.92 Å². The summed E-state index contributed by atoms with van der Waals surface area (Å²) in [4.78, 5) is 0. The summed E-state index contributed by atoms with van der Waals surface area (Å²) < 4.78 is 5.52. The van der Waals surface area contributed by atoms with Crippen LogP contribution in [0.4, 0.5) is 0 Å². The lowest BCUT2D eigenvalue weighted by Crippen LogP contribution is -2.18. The maximum atomic E-state index is 5.96. The molecule has 1 N–H and O–H groups in total. The molecule has 0 aliphatic carbocycles. The van der Waals surface area contributed by atoms with Gasteiger partial charge in [-0.25, -0.2) is 0 Å². The minimum absolute atomic E-state index is 0.438. The topological polar surface area (TPSA) is 21.3 Å². The van der Waals surface area contributed by atoms with Gasteiger partial charge in [0.2, 0.25) is 0 Å². The zero-order valence-corrected chi connectivity index (χ0v) is 10.7. The summed E-state index contributed by atoms with van der Waals surface area (Å²) in [6.45, 7) is 8.04. The second-order valence-corrected chi connectivity index (χ2v) is 4.24. The van der Waals surface area contributed by atoms with Crippen molar-refractivity contribution in [2.75, 3.05) is 19.7 Å². The Labute approximate surface area is 106 Å². The van der Waals surface area contributed by atoms with Crippen molar-refractivity contribution in [3.8, 4) is 5.75 Å². The molecule has 1 aromatic rings. The fraction of sp³-hybridized carbons (Fsp3) is 0.333. The lowest BCUT2D eigenvalue weighted by molar-refractivity contribution is 0.349. The molecule has 88 valence electrons. The lowest BCUT2D eigenvalue weighted by Gasteiger charge is -2.10. The number of hydrogen-bond donors (Lipinski definition) is 1. The summed E-state index contributed by atoms with van der Waals surface area (Å²) in [7, 11) is 0. The highest BCUT2D eigenvalue weighted by atomic mass is 35.5. The number of ether oxygens (including phenoxy) is 1. The zero-order valence-electron chi connectivity index (χ0n) is 9.22. The van der Waals surface area contributed by atoms with Gasteiger partial charge in [-0.3, -0.25) is 0 Å². The van der Waals surface area contributed by atoms with Gasteiger partial charge >= 0.3 is 0 Å². The van der Waals surface area contributed by atoms with Gasteiger partial charge in [0.05, 0.1) is 5.02 Å². The number of halogens is 2. The highest BCUT2D eigenvalue weighted by Crippen LogP contribution is 2.27. The van der Waals surface area contributed by atoms with Crippen LogP contribution in [0.2, 0.25) is 10.0 Å². The molecule has 16 heavy (non-hydrogen) atoms. The van der Waals surface area contributed by atoms with Crippen molar-refractivity contribution >= 4 is 23.2 Å². The standard InChI is InChI=1S/C12H15Cl2NO/c1-3-15-7-9(2)8-16-12-6-10(13)4-5-11(12)14/h4-6,15H,2-3,7-8H2,1H3. The predicted octanol–water partition coefficient (Wildman–Crippen LogP) is 3.54. The van der Waals surface area contributed by atoms with Gasteiger partial charge in [0.15, 0.2) is 0 Å². The monoisotopic (exact) mass is 259 g/mol. The van der Waals surface area contributed by atoms with Gasteiger partial charge in [-0.2, -0.15) is 0 Å². The molecule has 0 aliphatic heterocycles. The molecule has 0 aromatic heterocycles. The van der Waals surface area contributed by atoms with Crippen LogP contribution in [0.3, 0.4) is 0 Å². The van der Waals surface area contributed by atoms with Crippen LogP contribution in [0.25, 0.3) is 0 Å². The molecule has 0 spiro atoms. The molecule has 0 radical (unpaired) electrons. The van der Waals surface area contributed by atoms with Gasteiger partial charge in [-0.05, 0) is 24.3 Å². The summed E-state index contributed by atoms with van der Waals surface area (Å²) in [6, 6.07) is 5.14. The van der Waals surface area contributed by atoms with Crippen molar-refractivity contribution in [2.45, 2.75) is 6.92 Å². The van der Waals surface area contributed by atoms with E-state index in [-0.39, 0.29) is 0 Å². The Morgan fingerprint density at radius 3 is 2.88 bits per heavy atom. The van der Waals surface area contributed by atoms with Crippen LogP contribution in [-0.2, 0) is 0 Å². The van der Waals surface area contributed by atoms with E-state index in [2.05, 4.69) is 11.9 Å². The van der Waals surface area contributed by atoms with Crippen molar-refractivity contribution in [3.63, 3.8) is 0 Å². The second kappa shape index (κ2) is 6.79. The van der Waals surface area contributed by atoms with E-state index in [1.165, 1.54) is 0 Å². The Hall–Kier alpha value is -0.700. The van der Waals surface area contributed by atoms with E-state index in [0.717, 1.165) is 18.7 Å². The molecule has 0 amide bonds. The second-order valence-electron chi connectivity index (χ2n) is 3.39. The largest absolute Gasteiger partial charge is 0.488 e. The maximum absolute atomic E-state index is 5.96. The molecule has 0 atom stereocenters. The van der Waals surface area contributed by atoms with Gasteiger partial charge in [0.25, 0.3) is 0 Å². The van der Waals surface area contributed by atoms with E-state index in [0.29, 0.717) is 22.4 Å². The quantitative estimate of drug-likeness (QED) is 0.790. The molecular formula is C12H15Cl2NO. The number of rotatable bonds is 6. The molecule has 2 nitrogen and oxygen atoms in total. The molecule has 1 aromatic carbocycles. The van der Waals surface area contributed by atoms with Crippen LogP contribution in [0.5, 0.6) is 5.75 Å². The molecule has 0 saturated heterocycles. The molecule has 0 bridgehead atoms. The van der Waals surface area contributed by atoms with E-state index < -0.39 is 0 Å². The first-order chi connectivity index (χ1) is 7.63. The summed E-state index contributed by atoms with van der Waals surface area (Å²) in [5, 5.41) is 4.34. The SMILES string of the molecule is C=C(CNCC)COc1cc(Cl)ccc1Cl. The Bertz CT molecular complexity index is 366. The Morgan fingerprint density at radius 2 is 2.19 bits per heavy atom. The smallest absolute Gasteiger partial charge is 0.139 e. The third-order valence-electron chi connectivity index (χ3n) is 1.95. The number of nitrogens with one attached hydrogen (secondary N) is 1. The van der Waals surface area contributed by atoms with Crippen molar-refractivity contribution in [3.05, 3.63) is 40.4 Å². The van der Waals surface area contributed by atoms with Crippen LogP contribution in [-0.4, -0.2) is 19.7 Å². The van der Waals surface area contributed by atoms with Crippen LogP contribution in [0.15, 0.2) is 30.4 Å². The first-order valence-electron chi connectivity index (χ1n) is 5.08. The van der Waals surface area contributed by atoms with Crippen LogP contribution < -0.4 is 10.1 Å². The van der Waals surface area contributed by atoms with Crippen molar-refractivity contribution < 1.29 is 4.74 Å². The van der Waals surface area contributed by atoms with Crippen molar-refractivity contribution in [1.29, 1.82) is 0 Å². The summed E-state index contributed by atoms with van der Waals surface area (Å²) in [6.07, 6.45) is 0. The summed E-state index contributed by atoms with van der Waals surface area (Å²) in [5.41, 5.74) is 0.970. The Kier molecular flexibility index (Phi) is 5.67. The normalized spacial score (nSPS) is 10.2. The minimum Gasteiger partial charge on any atom is -0.488 e. The van der Waals surface area contributed by atoms with Crippen molar-refractivity contribution in [1.82, 2.24) is 5.32 Å². The summed E-state index contributed by atoms with van der Waals surface area (Å²) in [5.74, 6) is 0.590. The highest BCUT2D eigenvalue weighted by molar-refractivity contribution is 6.34. The first kappa shape index (κ1) is 13.4. The molecule has 0 aliphatic rings. The number of hydrogen-bond acceptors (Lipinski definition) is 2. The third-order valence-corrected chi connectivity index (χ3v) is 2.50.